The van der Waals surface area contributed by atoms with Gasteiger partial charge in [-0.05, 0) is 38.1 Å². The molecule has 1 aliphatic heterocycles. The summed E-state index contributed by atoms with van der Waals surface area (Å²) in [5.74, 6) is 0.769. The maximum atomic E-state index is 5.89. The molecule has 15 heavy (non-hydrogen) atoms. The molecule has 1 saturated heterocycles. The largest absolute Gasteiger partial charge is 0.381 e. The summed E-state index contributed by atoms with van der Waals surface area (Å²) in [6.45, 7) is 4.40. The van der Waals surface area contributed by atoms with Crippen LogP contribution in [0.3, 0.4) is 0 Å². The Morgan fingerprint density at radius 3 is 2.73 bits per heavy atom. The van der Waals surface area contributed by atoms with Crippen molar-refractivity contribution in [2.75, 3.05) is 20.2 Å². The molecule has 0 bridgehead atoms. The molecular formula is C12H24N2O. The first-order valence-electron chi connectivity index (χ1n) is 6.24. The lowest BCUT2D eigenvalue weighted by Crippen LogP contribution is -2.58. The van der Waals surface area contributed by atoms with Crippen LogP contribution in [0.1, 0.15) is 32.6 Å². The Hall–Kier alpha value is -0.120. The predicted octanol–water partition coefficient (Wildman–Crippen LogP) is 1.22. The average molecular weight is 212 g/mol. The van der Waals surface area contributed by atoms with E-state index in [4.69, 9.17) is 10.5 Å². The SMILES string of the molecule is COC1CC(N2CCCC(C)C2CN)C1. The number of rotatable bonds is 3. The molecule has 2 unspecified atom stereocenters. The smallest absolute Gasteiger partial charge is 0.0601 e. The molecule has 0 aromatic heterocycles. The molecule has 0 spiro atoms. The Balaban J connectivity index is 1.90. The second-order valence-corrected chi connectivity index (χ2v) is 5.14. The fourth-order valence-corrected chi connectivity index (χ4v) is 3.10. The first-order valence-corrected chi connectivity index (χ1v) is 6.24. The van der Waals surface area contributed by atoms with Gasteiger partial charge >= 0.3 is 0 Å². The maximum Gasteiger partial charge on any atom is 0.0601 e. The maximum absolute atomic E-state index is 5.89. The Morgan fingerprint density at radius 1 is 1.40 bits per heavy atom. The van der Waals surface area contributed by atoms with Gasteiger partial charge in [-0.25, -0.2) is 0 Å². The number of nitrogens with zero attached hydrogens (tertiary/aromatic N) is 1. The number of hydrogen-bond acceptors (Lipinski definition) is 3. The van der Waals surface area contributed by atoms with Crippen molar-refractivity contribution in [1.29, 1.82) is 0 Å². The van der Waals surface area contributed by atoms with Gasteiger partial charge in [0.1, 0.15) is 0 Å². The van der Waals surface area contributed by atoms with Crippen molar-refractivity contribution in [1.82, 2.24) is 4.90 Å². The lowest BCUT2D eigenvalue weighted by Gasteiger charge is -2.49. The topological polar surface area (TPSA) is 38.5 Å². The molecular weight excluding hydrogens is 188 g/mol. The molecule has 2 atom stereocenters. The molecule has 2 aliphatic rings. The average Bonchev–Trinajstić information content (AvgIpc) is 2.16. The van der Waals surface area contributed by atoms with Gasteiger partial charge in [0.15, 0.2) is 0 Å². The summed E-state index contributed by atoms with van der Waals surface area (Å²) < 4.78 is 5.34. The third-order valence-corrected chi connectivity index (χ3v) is 4.27. The zero-order valence-corrected chi connectivity index (χ0v) is 9.98. The number of likely N-dealkylation sites (tertiary alicyclic amines) is 1. The van der Waals surface area contributed by atoms with Gasteiger partial charge in [-0.15, -0.1) is 0 Å². The van der Waals surface area contributed by atoms with E-state index in [9.17, 15) is 0 Å². The van der Waals surface area contributed by atoms with Crippen LogP contribution in [-0.4, -0.2) is 43.3 Å². The van der Waals surface area contributed by atoms with E-state index in [1.807, 2.05) is 7.11 Å². The molecule has 0 aromatic carbocycles. The third kappa shape index (κ3) is 2.19. The molecule has 1 heterocycles. The van der Waals surface area contributed by atoms with Crippen LogP contribution in [0.4, 0.5) is 0 Å². The van der Waals surface area contributed by atoms with Crippen molar-refractivity contribution in [3.05, 3.63) is 0 Å². The second-order valence-electron chi connectivity index (χ2n) is 5.14. The van der Waals surface area contributed by atoms with Crippen LogP contribution in [0.5, 0.6) is 0 Å². The normalized spacial score (nSPS) is 42.6. The molecule has 2 rings (SSSR count). The van der Waals surface area contributed by atoms with Crippen molar-refractivity contribution in [3.8, 4) is 0 Å². The van der Waals surface area contributed by atoms with Gasteiger partial charge in [-0.3, -0.25) is 4.90 Å². The van der Waals surface area contributed by atoms with Gasteiger partial charge in [-0.1, -0.05) is 6.92 Å². The highest BCUT2D eigenvalue weighted by molar-refractivity contribution is 4.94. The molecule has 2 fully saturated rings. The zero-order chi connectivity index (χ0) is 10.8. The van der Waals surface area contributed by atoms with E-state index in [-0.39, 0.29) is 0 Å². The summed E-state index contributed by atoms with van der Waals surface area (Å²) in [6, 6.07) is 1.35. The van der Waals surface area contributed by atoms with Crippen molar-refractivity contribution in [2.24, 2.45) is 11.7 Å². The molecule has 3 heteroatoms. The molecule has 2 N–H and O–H groups in total. The quantitative estimate of drug-likeness (QED) is 0.764. The number of nitrogens with two attached hydrogens (primary N) is 1. The van der Waals surface area contributed by atoms with E-state index in [0.717, 1.165) is 18.5 Å². The Kier molecular flexibility index (Phi) is 3.65. The van der Waals surface area contributed by atoms with Crippen LogP contribution in [0.15, 0.2) is 0 Å². The number of methoxy groups -OCH3 is 1. The fraction of sp³-hybridized carbons (Fsp3) is 1.00. The van der Waals surface area contributed by atoms with Crippen LogP contribution < -0.4 is 5.73 Å². The van der Waals surface area contributed by atoms with Crippen molar-refractivity contribution >= 4 is 0 Å². The minimum atomic E-state index is 0.505. The summed E-state index contributed by atoms with van der Waals surface area (Å²) in [4.78, 5) is 2.64. The van der Waals surface area contributed by atoms with Crippen molar-refractivity contribution < 1.29 is 4.74 Å². The first-order chi connectivity index (χ1) is 7.26. The third-order valence-electron chi connectivity index (χ3n) is 4.27. The van der Waals surface area contributed by atoms with E-state index < -0.39 is 0 Å². The number of hydrogen-bond donors (Lipinski definition) is 1. The summed E-state index contributed by atoms with van der Waals surface area (Å²) in [5.41, 5.74) is 5.89. The lowest BCUT2D eigenvalue weighted by atomic mass is 9.82. The van der Waals surface area contributed by atoms with Gasteiger partial charge in [0.05, 0.1) is 6.10 Å². The van der Waals surface area contributed by atoms with Crippen LogP contribution in [-0.2, 0) is 4.74 Å². The highest BCUT2D eigenvalue weighted by Gasteiger charge is 2.39. The Morgan fingerprint density at radius 2 is 2.13 bits per heavy atom. The molecule has 0 amide bonds. The van der Waals surface area contributed by atoms with Crippen LogP contribution >= 0.6 is 0 Å². The fourth-order valence-electron chi connectivity index (χ4n) is 3.10. The van der Waals surface area contributed by atoms with Crippen molar-refractivity contribution in [3.63, 3.8) is 0 Å². The van der Waals surface area contributed by atoms with Gasteiger partial charge in [-0.2, -0.15) is 0 Å². The van der Waals surface area contributed by atoms with Crippen molar-refractivity contribution in [2.45, 2.75) is 50.8 Å². The molecule has 0 aromatic rings. The summed E-state index contributed by atoms with van der Waals surface area (Å²) >= 11 is 0. The standard InChI is InChI=1S/C12H24N2O/c1-9-4-3-5-14(12(9)8-13)10-6-11(7-10)15-2/h9-12H,3-8,13H2,1-2H3. The first kappa shape index (κ1) is 11.4. The van der Waals surface area contributed by atoms with Gasteiger partial charge < -0.3 is 10.5 Å². The summed E-state index contributed by atoms with van der Waals surface area (Å²) in [6.07, 6.45) is 5.61. The van der Waals surface area contributed by atoms with E-state index in [2.05, 4.69) is 11.8 Å². The molecule has 0 radical (unpaired) electrons. The predicted molar refractivity (Wildman–Crippen MR) is 61.8 cm³/mol. The monoisotopic (exact) mass is 212 g/mol. The van der Waals surface area contributed by atoms with Gasteiger partial charge in [0, 0.05) is 25.7 Å². The minimum absolute atomic E-state index is 0.505. The highest BCUT2D eigenvalue weighted by Crippen LogP contribution is 2.34. The zero-order valence-electron chi connectivity index (χ0n) is 9.98. The van der Waals surface area contributed by atoms with E-state index >= 15 is 0 Å². The van der Waals surface area contributed by atoms with Crippen LogP contribution in [0.25, 0.3) is 0 Å². The van der Waals surface area contributed by atoms with Gasteiger partial charge in [0.2, 0.25) is 0 Å². The number of ether oxygens (including phenoxy) is 1. The molecule has 1 aliphatic carbocycles. The highest BCUT2D eigenvalue weighted by atomic mass is 16.5. The molecule has 3 nitrogen and oxygen atoms in total. The van der Waals surface area contributed by atoms with Gasteiger partial charge in [0.25, 0.3) is 0 Å². The van der Waals surface area contributed by atoms with E-state index in [1.54, 1.807) is 0 Å². The van der Waals surface area contributed by atoms with E-state index in [1.165, 1.54) is 32.2 Å². The second kappa shape index (κ2) is 4.81. The van der Waals surface area contributed by atoms with Crippen LogP contribution in [0.2, 0.25) is 0 Å². The molecule has 88 valence electrons. The Bertz CT molecular complexity index is 204. The molecule has 1 saturated carbocycles. The summed E-state index contributed by atoms with van der Waals surface area (Å²) in [5, 5.41) is 0. The lowest BCUT2D eigenvalue weighted by molar-refractivity contribution is -0.0573. The summed E-state index contributed by atoms with van der Waals surface area (Å²) in [7, 11) is 1.82. The number of piperidine rings is 1. The van der Waals surface area contributed by atoms with E-state index in [0.29, 0.717) is 12.1 Å². The Labute approximate surface area is 93.0 Å². The van der Waals surface area contributed by atoms with Crippen LogP contribution in [0, 0.1) is 5.92 Å². The minimum Gasteiger partial charge on any atom is -0.381 e.